The molecule has 0 atom stereocenters. The van der Waals surface area contributed by atoms with Gasteiger partial charge in [-0.05, 0) is 61.5 Å². The fourth-order valence-corrected chi connectivity index (χ4v) is 2.79. The highest BCUT2D eigenvalue weighted by molar-refractivity contribution is 7.80. The topological polar surface area (TPSA) is 142 Å². The zero-order valence-electron chi connectivity index (χ0n) is 17.2. The van der Waals surface area contributed by atoms with E-state index >= 15 is 0 Å². The molecule has 12 heteroatoms. The summed E-state index contributed by atoms with van der Waals surface area (Å²) < 4.78 is 0. The summed E-state index contributed by atoms with van der Waals surface area (Å²) in [6, 6.07) is 9.02. The van der Waals surface area contributed by atoms with Crippen LogP contribution in [-0.4, -0.2) is 27.8 Å². The maximum absolute atomic E-state index is 12.1. The number of rotatable bonds is 6. The van der Waals surface area contributed by atoms with Crippen LogP contribution >= 0.6 is 23.8 Å². The highest BCUT2D eigenvalue weighted by atomic mass is 35.5. The lowest BCUT2D eigenvalue weighted by Gasteiger charge is -2.11. The Balaban J connectivity index is 1.76. The Morgan fingerprint density at radius 1 is 1.00 bits per heavy atom. The predicted octanol–water partition coefficient (Wildman–Crippen LogP) is 2.92. The molecule has 0 saturated heterocycles. The van der Waals surface area contributed by atoms with Gasteiger partial charge in [0.1, 0.15) is 5.02 Å². The van der Waals surface area contributed by atoms with Gasteiger partial charge in [0, 0.05) is 30.2 Å². The summed E-state index contributed by atoms with van der Waals surface area (Å²) in [6.45, 7) is 3.89. The van der Waals surface area contributed by atoms with Gasteiger partial charge in [0.15, 0.2) is 5.11 Å². The number of hydrazine groups is 1. The van der Waals surface area contributed by atoms with E-state index in [0.29, 0.717) is 5.69 Å². The minimum atomic E-state index is -0.732. The van der Waals surface area contributed by atoms with E-state index in [9.17, 15) is 24.5 Å². The number of benzene rings is 2. The van der Waals surface area contributed by atoms with Crippen molar-refractivity contribution in [2.24, 2.45) is 0 Å². The Morgan fingerprint density at radius 3 is 2.34 bits per heavy atom. The normalized spacial score (nSPS) is 10.1. The van der Waals surface area contributed by atoms with E-state index in [1.165, 1.54) is 12.1 Å². The Kier molecular flexibility index (Phi) is 8.62. The Labute approximate surface area is 193 Å². The van der Waals surface area contributed by atoms with Crippen molar-refractivity contribution in [3.63, 3.8) is 0 Å². The first-order valence-electron chi connectivity index (χ1n) is 9.28. The molecule has 168 valence electrons. The zero-order valence-corrected chi connectivity index (χ0v) is 18.7. The minimum absolute atomic E-state index is 0.0420. The lowest BCUT2D eigenvalue weighted by molar-refractivity contribution is -0.384. The maximum Gasteiger partial charge on any atom is 0.288 e. The summed E-state index contributed by atoms with van der Waals surface area (Å²) in [5.41, 5.74) is 6.90. The largest absolute Gasteiger partial charge is 0.326 e. The van der Waals surface area contributed by atoms with Gasteiger partial charge in [-0.3, -0.25) is 40.7 Å². The second-order valence-electron chi connectivity index (χ2n) is 6.73. The van der Waals surface area contributed by atoms with Gasteiger partial charge in [-0.1, -0.05) is 17.7 Å². The summed E-state index contributed by atoms with van der Waals surface area (Å²) in [7, 11) is 0. The van der Waals surface area contributed by atoms with Crippen molar-refractivity contribution in [3.8, 4) is 0 Å². The van der Waals surface area contributed by atoms with Gasteiger partial charge >= 0.3 is 0 Å². The van der Waals surface area contributed by atoms with Crippen molar-refractivity contribution in [1.29, 1.82) is 0 Å². The molecule has 2 aromatic rings. The van der Waals surface area contributed by atoms with Crippen molar-refractivity contribution in [2.75, 3.05) is 5.32 Å². The van der Waals surface area contributed by atoms with Crippen LogP contribution in [-0.2, 0) is 9.59 Å². The van der Waals surface area contributed by atoms with Crippen LogP contribution in [0, 0.1) is 24.0 Å². The van der Waals surface area contributed by atoms with Gasteiger partial charge in [0.05, 0.1) is 4.92 Å². The third-order valence-electron chi connectivity index (χ3n) is 4.32. The molecule has 10 nitrogen and oxygen atoms in total. The molecule has 0 aliphatic carbocycles. The summed E-state index contributed by atoms with van der Waals surface area (Å²) >= 11 is 10.6. The third-order valence-corrected chi connectivity index (χ3v) is 4.84. The van der Waals surface area contributed by atoms with E-state index in [0.717, 1.165) is 17.2 Å². The molecule has 0 heterocycles. The molecule has 0 aliphatic heterocycles. The third kappa shape index (κ3) is 7.29. The van der Waals surface area contributed by atoms with E-state index in [-0.39, 0.29) is 34.4 Å². The SMILES string of the molecule is Cc1ccc(NC(=O)CCC(=O)NNC(=S)NC(=O)c2ccc(Cl)c([N+](=O)[O-])c2)cc1C. The van der Waals surface area contributed by atoms with Crippen molar-refractivity contribution < 1.29 is 19.3 Å². The van der Waals surface area contributed by atoms with Crippen LogP contribution in [0.15, 0.2) is 36.4 Å². The molecule has 2 rings (SSSR count). The number of nitrogens with one attached hydrogen (secondary N) is 4. The van der Waals surface area contributed by atoms with Gasteiger partial charge in [-0.15, -0.1) is 0 Å². The molecule has 0 saturated carbocycles. The van der Waals surface area contributed by atoms with Crippen LogP contribution in [0.25, 0.3) is 0 Å². The molecular formula is C20H20ClN5O5S. The van der Waals surface area contributed by atoms with Crippen molar-refractivity contribution in [2.45, 2.75) is 26.7 Å². The number of thiocarbonyl (C=S) groups is 1. The molecule has 32 heavy (non-hydrogen) atoms. The number of hydrogen-bond donors (Lipinski definition) is 4. The smallest absolute Gasteiger partial charge is 0.288 e. The number of nitro benzene ring substituents is 1. The number of amides is 3. The maximum atomic E-state index is 12.1. The molecule has 4 N–H and O–H groups in total. The van der Waals surface area contributed by atoms with Gasteiger partial charge < -0.3 is 5.32 Å². The average molecular weight is 478 g/mol. The van der Waals surface area contributed by atoms with Gasteiger partial charge in [0.2, 0.25) is 11.8 Å². The van der Waals surface area contributed by atoms with Crippen molar-refractivity contribution >= 4 is 58.0 Å². The molecule has 0 unspecified atom stereocenters. The summed E-state index contributed by atoms with van der Waals surface area (Å²) in [5, 5.41) is 15.5. The van der Waals surface area contributed by atoms with E-state index in [4.69, 9.17) is 23.8 Å². The number of hydrogen-bond acceptors (Lipinski definition) is 6. The number of carbonyl (C=O) groups is 3. The molecule has 2 aromatic carbocycles. The van der Waals surface area contributed by atoms with Crippen LogP contribution in [0.1, 0.15) is 34.3 Å². The van der Waals surface area contributed by atoms with Gasteiger partial charge in [0.25, 0.3) is 11.6 Å². The van der Waals surface area contributed by atoms with Crippen LogP contribution in [0.3, 0.4) is 0 Å². The molecule has 0 aromatic heterocycles. The number of aryl methyl sites for hydroxylation is 2. The Hall–Kier alpha value is -3.57. The second kappa shape index (κ2) is 11.2. The van der Waals surface area contributed by atoms with Crippen LogP contribution in [0.4, 0.5) is 11.4 Å². The highest BCUT2D eigenvalue weighted by Crippen LogP contribution is 2.25. The van der Waals surface area contributed by atoms with E-state index in [1.54, 1.807) is 6.07 Å². The van der Waals surface area contributed by atoms with Gasteiger partial charge in [-0.2, -0.15) is 0 Å². The molecule has 0 bridgehead atoms. The lowest BCUT2D eigenvalue weighted by Crippen LogP contribution is -2.48. The standard InChI is InChI=1S/C20H20ClN5O5S/c1-11-3-5-14(9-12(11)2)22-17(27)7-8-18(28)24-25-20(32)23-19(29)13-4-6-15(21)16(10-13)26(30)31/h3-6,9-10H,7-8H2,1-2H3,(H,22,27)(H,24,28)(H2,23,25,29,32). The van der Waals surface area contributed by atoms with Gasteiger partial charge in [-0.25, -0.2) is 0 Å². The first-order chi connectivity index (χ1) is 15.1. The first kappa shape index (κ1) is 24.7. The highest BCUT2D eigenvalue weighted by Gasteiger charge is 2.17. The molecule has 0 spiro atoms. The lowest BCUT2D eigenvalue weighted by atomic mass is 10.1. The first-order valence-corrected chi connectivity index (χ1v) is 10.1. The van der Waals surface area contributed by atoms with E-state index < -0.39 is 22.4 Å². The number of halogens is 1. The monoisotopic (exact) mass is 477 g/mol. The number of anilines is 1. The fraction of sp³-hybridized carbons (Fsp3) is 0.200. The van der Waals surface area contributed by atoms with Crippen LogP contribution in [0.2, 0.25) is 5.02 Å². The van der Waals surface area contributed by atoms with E-state index in [1.807, 2.05) is 26.0 Å². The number of nitrogens with zero attached hydrogens (tertiary/aromatic N) is 1. The predicted molar refractivity (Wildman–Crippen MR) is 123 cm³/mol. The summed E-state index contributed by atoms with van der Waals surface area (Å²) in [6.07, 6.45) is -0.183. The van der Waals surface area contributed by atoms with E-state index in [2.05, 4.69) is 21.5 Å². The molecule has 0 radical (unpaired) electrons. The summed E-state index contributed by atoms with van der Waals surface area (Å²) in [4.78, 5) is 46.2. The minimum Gasteiger partial charge on any atom is -0.326 e. The Bertz CT molecular complexity index is 1090. The second-order valence-corrected chi connectivity index (χ2v) is 7.54. The molecule has 0 aliphatic rings. The molecule has 0 fully saturated rings. The van der Waals surface area contributed by atoms with Crippen LogP contribution < -0.4 is 21.5 Å². The number of carbonyl (C=O) groups excluding carboxylic acids is 3. The molecule has 3 amide bonds. The number of nitro groups is 1. The average Bonchev–Trinajstić information content (AvgIpc) is 2.73. The Morgan fingerprint density at radius 2 is 1.69 bits per heavy atom. The fourth-order valence-electron chi connectivity index (χ4n) is 2.46. The zero-order chi connectivity index (χ0) is 23.8. The van der Waals surface area contributed by atoms with Crippen molar-refractivity contribution in [3.05, 3.63) is 68.2 Å². The van der Waals surface area contributed by atoms with Crippen LogP contribution in [0.5, 0.6) is 0 Å². The summed E-state index contributed by atoms with van der Waals surface area (Å²) in [5.74, 6) is -1.59. The quantitative estimate of drug-likeness (QED) is 0.284. The molecular weight excluding hydrogens is 458 g/mol. The van der Waals surface area contributed by atoms with Crippen molar-refractivity contribution in [1.82, 2.24) is 16.2 Å².